The highest BCUT2D eigenvalue weighted by molar-refractivity contribution is 5.81. The topological polar surface area (TPSA) is 61.4 Å². The SMILES string of the molecule is CNC(=O)CNCC(=O)N(Cc1ccccc1)Cc1ccccc1. The third kappa shape index (κ3) is 5.85. The summed E-state index contributed by atoms with van der Waals surface area (Å²) in [5.41, 5.74) is 2.15. The van der Waals surface area contributed by atoms with Gasteiger partial charge in [0.1, 0.15) is 0 Å². The van der Waals surface area contributed by atoms with Crippen LogP contribution in [0.5, 0.6) is 0 Å². The lowest BCUT2D eigenvalue weighted by Crippen LogP contribution is -2.40. The van der Waals surface area contributed by atoms with E-state index in [0.717, 1.165) is 11.1 Å². The predicted octanol–water partition coefficient (Wildman–Crippen LogP) is 1.55. The van der Waals surface area contributed by atoms with Gasteiger partial charge in [-0.3, -0.25) is 14.9 Å². The van der Waals surface area contributed by atoms with Crippen molar-refractivity contribution in [2.75, 3.05) is 20.1 Å². The Labute approximate surface area is 142 Å². The summed E-state index contributed by atoms with van der Waals surface area (Å²) in [6.45, 7) is 1.34. The van der Waals surface area contributed by atoms with E-state index in [1.54, 1.807) is 11.9 Å². The molecule has 2 rings (SSSR count). The fraction of sp³-hybridized carbons (Fsp3) is 0.263. The highest BCUT2D eigenvalue weighted by Crippen LogP contribution is 2.10. The van der Waals surface area contributed by atoms with Crippen LogP contribution in [-0.2, 0) is 22.7 Å². The Bertz CT molecular complexity index is 603. The van der Waals surface area contributed by atoms with Gasteiger partial charge in [0.05, 0.1) is 13.1 Å². The molecular formula is C19H23N3O2. The molecule has 24 heavy (non-hydrogen) atoms. The van der Waals surface area contributed by atoms with Crippen LogP contribution in [0.2, 0.25) is 0 Å². The Kier molecular flexibility index (Phi) is 6.98. The van der Waals surface area contributed by atoms with E-state index in [1.165, 1.54) is 0 Å². The summed E-state index contributed by atoms with van der Waals surface area (Å²) >= 11 is 0. The predicted molar refractivity (Wildman–Crippen MR) is 94.1 cm³/mol. The van der Waals surface area contributed by atoms with Crippen LogP contribution in [-0.4, -0.2) is 36.9 Å². The second-order valence-electron chi connectivity index (χ2n) is 5.50. The van der Waals surface area contributed by atoms with Gasteiger partial charge in [-0.15, -0.1) is 0 Å². The van der Waals surface area contributed by atoms with E-state index in [4.69, 9.17) is 0 Å². The number of nitrogens with one attached hydrogen (secondary N) is 2. The van der Waals surface area contributed by atoms with Crippen molar-refractivity contribution in [1.82, 2.24) is 15.5 Å². The molecule has 0 aromatic heterocycles. The Morgan fingerprint density at radius 1 is 0.833 bits per heavy atom. The minimum atomic E-state index is -0.138. The van der Waals surface area contributed by atoms with Crippen molar-refractivity contribution in [2.24, 2.45) is 0 Å². The minimum Gasteiger partial charge on any atom is -0.358 e. The molecule has 0 atom stereocenters. The maximum Gasteiger partial charge on any atom is 0.237 e. The summed E-state index contributed by atoms with van der Waals surface area (Å²) in [4.78, 5) is 25.6. The lowest BCUT2D eigenvalue weighted by Gasteiger charge is -2.23. The van der Waals surface area contributed by atoms with Crippen molar-refractivity contribution in [3.05, 3.63) is 71.8 Å². The molecule has 2 amide bonds. The second-order valence-corrected chi connectivity index (χ2v) is 5.50. The van der Waals surface area contributed by atoms with Crippen LogP contribution in [0, 0.1) is 0 Å². The summed E-state index contributed by atoms with van der Waals surface area (Å²) in [7, 11) is 1.57. The highest BCUT2D eigenvalue weighted by atomic mass is 16.2. The van der Waals surface area contributed by atoms with E-state index in [2.05, 4.69) is 10.6 Å². The van der Waals surface area contributed by atoms with Gasteiger partial charge in [0.2, 0.25) is 11.8 Å². The molecule has 2 aromatic carbocycles. The van der Waals surface area contributed by atoms with Gasteiger partial charge in [0.25, 0.3) is 0 Å². The molecule has 0 saturated heterocycles. The van der Waals surface area contributed by atoms with E-state index in [0.29, 0.717) is 13.1 Å². The summed E-state index contributed by atoms with van der Waals surface area (Å²) < 4.78 is 0. The quantitative estimate of drug-likeness (QED) is 0.774. The number of nitrogens with zero attached hydrogens (tertiary/aromatic N) is 1. The molecule has 0 fully saturated rings. The molecule has 0 unspecified atom stereocenters. The van der Waals surface area contributed by atoms with Gasteiger partial charge in [-0.2, -0.15) is 0 Å². The number of amides is 2. The second kappa shape index (κ2) is 9.47. The zero-order valence-electron chi connectivity index (χ0n) is 13.9. The van der Waals surface area contributed by atoms with Crippen LogP contribution < -0.4 is 10.6 Å². The van der Waals surface area contributed by atoms with E-state index in [9.17, 15) is 9.59 Å². The van der Waals surface area contributed by atoms with E-state index in [1.807, 2.05) is 60.7 Å². The third-order valence-electron chi connectivity index (χ3n) is 3.63. The van der Waals surface area contributed by atoms with E-state index in [-0.39, 0.29) is 24.9 Å². The first-order valence-corrected chi connectivity index (χ1v) is 7.96. The fourth-order valence-electron chi connectivity index (χ4n) is 2.32. The first-order chi connectivity index (χ1) is 11.7. The number of carbonyl (C=O) groups is 2. The summed E-state index contributed by atoms with van der Waals surface area (Å²) in [5.74, 6) is -0.174. The zero-order chi connectivity index (χ0) is 17.2. The first kappa shape index (κ1) is 17.7. The molecule has 0 radical (unpaired) electrons. The van der Waals surface area contributed by atoms with Crippen LogP contribution in [0.25, 0.3) is 0 Å². The van der Waals surface area contributed by atoms with Crippen LogP contribution in [0.1, 0.15) is 11.1 Å². The van der Waals surface area contributed by atoms with E-state index >= 15 is 0 Å². The maximum atomic E-state index is 12.6. The molecule has 0 aliphatic rings. The first-order valence-electron chi connectivity index (χ1n) is 7.96. The molecule has 0 aliphatic carbocycles. The molecule has 2 N–H and O–H groups in total. The zero-order valence-corrected chi connectivity index (χ0v) is 13.9. The maximum absolute atomic E-state index is 12.6. The van der Waals surface area contributed by atoms with Gasteiger partial charge < -0.3 is 10.2 Å². The molecule has 0 bridgehead atoms. The van der Waals surface area contributed by atoms with E-state index < -0.39 is 0 Å². The van der Waals surface area contributed by atoms with Crippen LogP contribution in [0.4, 0.5) is 0 Å². The van der Waals surface area contributed by atoms with Crippen LogP contribution in [0.3, 0.4) is 0 Å². The number of hydrogen-bond acceptors (Lipinski definition) is 3. The smallest absolute Gasteiger partial charge is 0.237 e. The number of benzene rings is 2. The van der Waals surface area contributed by atoms with Gasteiger partial charge in [0.15, 0.2) is 0 Å². The van der Waals surface area contributed by atoms with Gasteiger partial charge in [0, 0.05) is 20.1 Å². The molecule has 0 heterocycles. The standard InChI is InChI=1S/C19H23N3O2/c1-20-18(23)12-21-13-19(24)22(14-16-8-4-2-5-9-16)15-17-10-6-3-7-11-17/h2-11,21H,12-15H2,1H3,(H,20,23). The molecule has 0 spiro atoms. The monoisotopic (exact) mass is 325 g/mol. The molecular weight excluding hydrogens is 302 g/mol. The normalized spacial score (nSPS) is 10.2. The third-order valence-corrected chi connectivity index (χ3v) is 3.63. The Morgan fingerprint density at radius 2 is 1.33 bits per heavy atom. The van der Waals surface area contributed by atoms with Gasteiger partial charge >= 0.3 is 0 Å². The number of carbonyl (C=O) groups excluding carboxylic acids is 2. The Hall–Kier alpha value is -2.66. The average molecular weight is 325 g/mol. The summed E-state index contributed by atoms with van der Waals surface area (Å²) in [5, 5.41) is 5.41. The minimum absolute atomic E-state index is 0.0355. The lowest BCUT2D eigenvalue weighted by molar-refractivity contribution is -0.131. The number of hydrogen-bond donors (Lipinski definition) is 2. The molecule has 0 aliphatic heterocycles. The van der Waals surface area contributed by atoms with Gasteiger partial charge in [-0.05, 0) is 11.1 Å². The highest BCUT2D eigenvalue weighted by Gasteiger charge is 2.14. The van der Waals surface area contributed by atoms with Crippen LogP contribution >= 0.6 is 0 Å². The Balaban J connectivity index is 2.01. The van der Waals surface area contributed by atoms with Crippen molar-refractivity contribution in [3.8, 4) is 0 Å². The summed E-state index contributed by atoms with van der Waals surface area (Å²) in [6.07, 6.45) is 0. The lowest BCUT2D eigenvalue weighted by atomic mass is 10.1. The Morgan fingerprint density at radius 3 is 1.79 bits per heavy atom. The van der Waals surface area contributed by atoms with Crippen molar-refractivity contribution in [1.29, 1.82) is 0 Å². The number of rotatable bonds is 8. The molecule has 126 valence electrons. The van der Waals surface area contributed by atoms with Crippen molar-refractivity contribution < 1.29 is 9.59 Å². The van der Waals surface area contributed by atoms with Crippen molar-refractivity contribution in [3.63, 3.8) is 0 Å². The van der Waals surface area contributed by atoms with Gasteiger partial charge in [-0.1, -0.05) is 60.7 Å². The van der Waals surface area contributed by atoms with Crippen molar-refractivity contribution >= 4 is 11.8 Å². The van der Waals surface area contributed by atoms with Crippen LogP contribution in [0.15, 0.2) is 60.7 Å². The van der Waals surface area contributed by atoms with Gasteiger partial charge in [-0.25, -0.2) is 0 Å². The fourth-order valence-corrected chi connectivity index (χ4v) is 2.32. The summed E-state index contributed by atoms with van der Waals surface area (Å²) in [6, 6.07) is 19.8. The molecule has 5 nitrogen and oxygen atoms in total. The molecule has 2 aromatic rings. The molecule has 5 heteroatoms. The molecule has 0 saturated carbocycles. The average Bonchev–Trinajstić information content (AvgIpc) is 2.62. The van der Waals surface area contributed by atoms with Crippen molar-refractivity contribution in [2.45, 2.75) is 13.1 Å². The largest absolute Gasteiger partial charge is 0.358 e. The number of likely N-dealkylation sites (N-methyl/N-ethyl adjacent to an activating group) is 1.